The molecular formula is C12H10N6OS. The second kappa shape index (κ2) is 5.17. The summed E-state index contributed by atoms with van der Waals surface area (Å²) in [6.45, 7) is 0. The lowest BCUT2D eigenvalue weighted by molar-refractivity contribution is 0.318. The van der Waals surface area contributed by atoms with Crippen molar-refractivity contribution in [3.8, 4) is 0 Å². The molecule has 0 aliphatic carbocycles. The third-order valence-corrected chi connectivity index (χ3v) is 3.45. The Labute approximate surface area is 118 Å². The van der Waals surface area contributed by atoms with Crippen molar-refractivity contribution >= 4 is 28.6 Å². The fraction of sp³-hybridized carbons (Fsp3) is 0. The number of amidine groups is 1. The molecule has 0 aliphatic heterocycles. The summed E-state index contributed by atoms with van der Waals surface area (Å²) in [5.41, 5.74) is 7.70. The van der Waals surface area contributed by atoms with E-state index in [1.807, 2.05) is 24.3 Å². The minimum Gasteiger partial charge on any atom is -0.409 e. The van der Waals surface area contributed by atoms with Crippen LogP contribution in [0.3, 0.4) is 0 Å². The van der Waals surface area contributed by atoms with Crippen molar-refractivity contribution in [2.75, 3.05) is 0 Å². The predicted octanol–water partition coefficient (Wildman–Crippen LogP) is 1.60. The van der Waals surface area contributed by atoms with Crippen molar-refractivity contribution in [3.05, 3.63) is 42.4 Å². The van der Waals surface area contributed by atoms with Crippen LogP contribution in [0.1, 0.15) is 5.69 Å². The number of nitrogens with one attached hydrogen (secondary N) is 1. The Morgan fingerprint density at radius 1 is 1.25 bits per heavy atom. The van der Waals surface area contributed by atoms with E-state index in [0.29, 0.717) is 15.9 Å². The summed E-state index contributed by atoms with van der Waals surface area (Å²) in [7, 11) is 0. The Morgan fingerprint density at radius 2 is 2.05 bits per heavy atom. The molecule has 0 atom stereocenters. The van der Waals surface area contributed by atoms with E-state index in [0.717, 1.165) is 11.0 Å². The Kier molecular flexibility index (Phi) is 3.21. The van der Waals surface area contributed by atoms with Crippen molar-refractivity contribution in [1.82, 2.24) is 19.9 Å². The second-order valence-corrected chi connectivity index (χ2v) is 4.83. The van der Waals surface area contributed by atoms with Gasteiger partial charge in [-0.2, -0.15) is 0 Å². The van der Waals surface area contributed by atoms with Gasteiger partial charge in [-0.25, -0.2) is 15.0 Å². The van der Waals surface area contributed by atoms with Crippen LogP contribution in [0.2, 0.25) is 0 Å². The van der Waals surface area contributed by atoms with Gasteiger partial charge in [0.15, 0.2) is 11.0 Å². The van der Waals surface area contributed by atoms with Gasteiger partial charge in [-0.3, -0.25) is 0 Å². The minimum absolute atomic E-state index is 0.0864. The van der Waals surface area contributed by atoms with Crippen molar-refractivity contribution in [1.29, 1.82) is 0 Å². The van der Waals surface area contributed by atoms with Crippen molar-refractivity contribution in [3.63, 3.8) is 0 Å². The van der Waals surface area contributed by atoms with E-state index in [9.17, 15) is 0 Å². The summed E-state index contributed by atoms with van der Waals surface area (Å²) in [4.78, 5) is 15.8. The molecule has 3 aromatic rings. The number of fused-ring (bicyclic) bond motifs is 1. The van der Waals surface area contributed by atoms with Crippen LogP contribution in [0.4, 0.5) is 0 Å². The largest absolute Gasteiger partial charge is 0.409 e. The van der Waals surface area contributed by atoms with E-state index >= 15 is 0 Å². The van der Waals surface area contributed by atoms with Crippen LogP contribution in [-0.4, -0.2) is 31.0 Å². The first-order valence-corrected chi connectivity index (χ1v) is 6.51. The van der Waals surface area contributed by atoms with E-state index in [2.05, 4.69) is 25.1 Å². The Balaban J connectivity index is 1.99. The van der Waals surface area contributed by atoms with Crippen molar-refractivity contribution < 1.29 is 5.21 Å². The monoisotopic (exact) mass is 286 g/mol. The highest BCUT2D eigenvalue weighted by atomic mass is 32.2. The Hall–Kier alpha value is -2.61. The van der Waals surface area contributed by atoms with E-state index < -0.39 is 0 Å². The summed E-state index contributed by atoms with van der Waals surface area (Å²) in [5.74, 6) is -0.0864. The number of H-pyrrole nitrogens is 1. The number of imidazole rings is 1. The lowest BCUT2D eigenvalue weighted by Crippen LogP contribution is -2.16. The number of nitrogens with two attached hydrogens (primary N) is 1. The van der Waals surface area contributed by atoms with Gasteiger partial charge < -0.3 is 15.9 Å². The zero-order chi connectivity index (χ0) is 13.9. The van der Waals surface area contributed by atoms with Gasteiger partial charge in [0.25, 0.3) is 0 Å². The zero-order valence-electron chi connectivity index (χ0n) is 10.2. The molecule has 8 heteroatoms. The van der Waals surface area contributed by atoms with Gasteiger partial charge in [-0.05, 0) is 23.9 Å². The topological polar surface area (TPSA) is 113 Å². The number of oxime groups is 1. The molecule has 3 rings (SSSR count). The van der Waals surface area contributed by atoms with Crippen LogP contribution >= 0.6 is 11.8 Å². The van der Waals surface area contributed by atoms with E-state index in [-0.39, 0.29) is 5.84 Å². The summed E-state index contributed by atoms with van der Waals surface area (Å²) >= 11 is 1.27. The summed E-state index contributed by atoms with van der Waals surface area (Å²) in [5, 5.41) is 12.9. The maximum Gasteiger partial charge on any atom is 0.191 e. The number of aromatic amines is 1. The first kappa shape index (κ1) is 12.4. The average molecular weight is 286 g/mol. The van der Waals surface area contributed by atoms with Crippen LogP contribution in [0.5, 0.6) is 0 Å². The van der Waals surface area contributed by atoms with Crippen LogP contribution in [0.25, 0.3) is 11.0 Å². The number of nitrogens with zero attached hydrogens (tertiary/aromatic N) is 4. The highest BCUT2D eigenvalue weighted by molar-refractivity contribution is 7.99. The van der Waals surface area contributed by atoms with Gasteiger partial charge in [0.05, 0.1) is 11.0 Å². The third-order valence-electron chi connectivity index (χ3n) is 2.58. The Morgan fingerprint density at radius 3 is 2.85 bits per heavy atom. The van der Waals surface area contributed by atoms with E-state index in [1.165, 1.54) is 18.0 Å². The van der Waals surface area contributed by atoms with E-state index in [1.54, 1.807) is 6.20 Å². The molecule has 2 aromatic heterocycles. The van der Waals surface area contributed by atoms with Crippen LogP contribution in [0.15, 0.2) is 52.0 Å². The maximum atomic E-state index is 8.76. The summed E-state index contributed by atoms with van der Waals surface area (Å²) < 4.78 is 0. The zero-order valence-corrected chi connectivity index (χ0v) is 11.0. The molecule has 0 fully saturated rings. The van der Waals surface area contributed by atoms with E-state index in [4.69, 9.17) is 10.9 Å². The highest BCUT2D eigenvalue weighted by Gasteiger charge is 2.13. The smallest absolute Gasteiger partial charge is 0.191 e. The van der Waals surface area contributed by atoms with Crippen LogP contribution in [-0.2, 0) is 0 Å². The van der Waals surface area contributed by atoms with Crippen LogP contribution < -0.4 is 5.73 Å². The standard InChI is InChI=1S/C12H10N6OS/c13-10(18-19)9-11(15-6-5-14-9)20-12-16-7-3-1-2-4-8(7)17-12/h1-6,19H,(H2,13,18)(H,16,17). The molecule has 0 bridgehead atoms. The van der Waals surface area contributed by atoms with Gasteiger partial charge in [0.1, 0.15) is 10.7 Å². The molecule has 0 radical (unpaired) electrons. The maximum absolute atomic E-state index is 8.76. The third kappa shape index (κ3) is 2.28. The quantitative estimate of drug-likeness (QED) is 0.292. The molecule has 0 saturated heterocycles. The van der Waals surface area contributed by atoms with Gasteiger partial charge in [-0.15, -0.1) is 0 Å². The molecule has 20 heavy (non-hydrogen) atoms. The second-order valence-electron chi connectivity index (χ2n) is 3.86. The molecule has 0 aliphatic rings. The number of para-hydroxylation sites is 2. The fourth-order valence-electron chi connectivity index (χ4n) is 1.69. The molecule has 2 heterocycles. The normalized spacial score (nSPS) is 11.9. The number of hydrogen-bond acceptors (Lipinski definition) is 6. The lowest BCUT2D eigenvalue weighted by atomic mass is 10.3. The van der Waals surface area contributed by atoms with Crippen molar-refractivity contribution in [2.45, 2.75) is 10.2 Å². The molecule has 7 nitrogen and oxygen atoms in total. The number of aromatic nitrogens is 4. The average Bonchev–Trinajstić information content (AvgIpc) is 2.89. The fourth-order valence-corrected chi connectivity index (χ4v) is 2.55. The first-order valence-electron chi connectivity index (χ1n) is 5.69. The predicted molar refractivity (Wildman–Crippen MR) is 74.8 cm³/mol. The van der Waals surface area contributed by atoms with Gasteiger partial charge in [0, 0.05) is 12.4 Å². The summed E-state index contributed by atoms with van der Waals surface area (Å²) in [6, 6.07) is 7.70. The minimum atomic E-state index is -0.0864. The highest BCUT2D eigenvalue weighted by Crippen LogP contribution is 2.27. The number of hydrogen-bond donors (Lipinski definition) is 3. The SMILES string of the molecule is NC(=NO)c1nccnc1Sc1nc2ccccc2[nH]1. The Bertz CT molecular complexity index is 751. The van der Waals surface area contributed by atoms with Gasteiger partial charge in [-0.1, -0.05) is 17.3 Å². The lowest BCUT2D eigenvalue weighted by Gasteiger charge is -2.02. The summed E-state index contributed by atoms with van der Waals surface area (Å²) in [6.07, 6.45) is 3.02. The van der Waals surface area contributed by atoms with Crippen molar-refractivity contribution in [2.24, 2.45) is 10.9 Å². The molecule has 0 amide bonds. The molecule has 1 aromatic carbocycles. The molecule has 0 unspecified atom stereocenters. The molecule has 4 N–H and O–H groups in total. The van der Waals surface area contributed by atoms with Crippen LogP contribution in [0, 0.1) is 0 Å². The first-order chi connectivity index (χ1) is 9.78. The molecular weight excluding hydrogens is 276 g/mol. The number of rotatable bonds is 3. The molecule has 0 saturated carbocycles. The molecule has 0 spiro atoms. The van der Waals surface area contributed by atoms with Gasteiger partial charge in [0.2, 0.25) is 0 Å². The molecule has 100 valence electrons. The van der Waals surface area contributed by atoms with Gasteiger partial charge >= 0.3 is 0 Å². The number of benzene rings is 1.